The summed E-state index contributed by atoms with van der Waals surface area (Å²) in [6.07, 6.45) is 5.01. The molecule has 0 unspecified atom stereocenters. The molecule has 2 rings (SSSR count). The number of hydrogen-bond donors (Lipinski definition) is 2. The molecule has 0 saturated heterocycles. The molecule has 108 valence electrons. The van der Waals surface area contributed by atoms with Crippen LogP contribution in [-0.4, -0.2) is 29.7 Å². The molecule has 0 radical (unpaired) electrons. The second-order valence-corrected chi connectivity index (χ2v) is 6.56. The maximum Gasteiger partial charge on any atom is 0.266 e. The average Bonchev–Trinajstić information content (AvgIpc) is 2.88. The molecule has 3 N–H and O–H groups in total. The number of hydrogen-bond acceptors (Lipinski definition) is 5. The van der Waals surface area contributed by atoms with Crippen LogP contribution in [0, 0.1) is 0 Å². The Balaban J connectivity index is 2.18. The van der Waals surface area contributed by atoms with Gasteiger partial charge in [-0.15, -0.1) is 0 Å². The van der Waals surface area contributed by atoms with Crippen molar-refractivity contribution in [3.05, 3.63) is 35.2 Å². The van der Waals surface area contributed by atoms with Crippen LogP contribution in [-0.2, 0) is 16.6 Å². The predicted molar refractivity (Wildman–Crippen MR) is 78.6 cm³/mol. The molecule has 0 saturated carbocycles. The molecule has 20 heavy (non-hydrogen) atoms. The first-order chi connectivity index (χ1) is 9.53. The van der Waals surface area contributed by atoms with E-state index in [9.17, 15) is 8.42 Å². The Morgan fingerprint density at radius 3 is 2.95 bits per heavy atom. The second-order valence-electron chi connectivity index (χ2n) is 4.02. The van der Waals surface area contributed by atoms with E-state index in [0.717, 1.165) is 6.42 Å². The molecule has 2 aromatic rings. The van der Waals surface area contributed by atoms with Crippen molar-refractivity contribution in [3.8, 4) is 0 Å². The molecule has 0 atom stereocenters. The third-order valence-corrected chi connectivity index (χ3v) is 4.43. The number of nitrogens with two attached hydrogens (primary N) is 1. The van der Waals surface area contributed by atoms with Gasteiger partial charge in [-0.3, -0.25) is 9.40 Å². The van der Waals surface area contributed by atoms with Crippen molar-refractivity contribution in [3.63, 3.8) is 0 Å². The zero-order valence-corrected chi connectivity index (χ0v) is 12.9. The standard InChI is InChI=1S/C11H14BrN5O2S/c12-10-3-1-5-14-11(10)16-20(18,19)9-7-15-17(8-9)6-2-4-13/h1,3,5,7-8H,2,4,6,13H2,(H,14,16). The van der Waals surface area contributed by atoms with Crippen LogP contribution in [0.15, 0.2) is 40.1 Å². The van der Waals surface area contributed by atoms with Crippen molar-refractivity contribution in [2.75, 3.05) is 11.3 Å². The lowest BCUT2D eigenvalue weighted by atomic mass is 10.4. The molecule has 0 aliphatic carbocycles. The number of sulfonamides is 1. The van der Waals surface area contributed by atoms with Gasteiger partial charge < -0.3 is 5.73 Å². The van der Waals surface area contributed by atoms with Crippen LogP contribution in [0.1, 0.15) is 6.42 Å². The smallest absolute Gasteiger partial charge is 0.266 e. The van der Waals surface area contributed by atoms with Crippen molar-refractivity contribution in [2.45, 2.75) is 17.9 Å². The number of pyridine rings is 1. The Bertz CT molecular complexity index is 686. The van der Waals surface area contributed by atoms with Crippen LogP contribution in [0.2, 0.25) is 0 Å². The fraction of sp³-hybridized carbons (Fsp3) is 0.273. The highest BCUT2D eigenvalue weighted by Gasteiger charge is 2.18. The summed E-state index contributed by atoms with van der Waals surface area (Å²) in [5.74, 6) is 0.238. The maximum absolute atomic E-state index is 12.2. The summed E-state index contributed by atoms with van der Waals surface area (Å²) < 4.78 is 28.9. The van der Waals surface area contributed by atoms with Crippen molar-refractivity contribution in [2.24, 2.45) is 5.73 Å². The number of nitrogens with one attached hydrogen (secondary N) is 1. The molecule has 0 aliphatic rings. The second kappa shape index (κ2) is 6.33. The van der Waals surface area contributed by atoms with Gasteiger partial charge >= 0.3 is 0 Å². The molecule has 2 heterocycles. The van der Waals surface area contributed by atoms with Crippen molar-refractivity contribution in [1.29, 1.82) is 0 Å². The summed E-state index contributed by atoms with van der Waals surface area (Å²) in [6, 6.07) is 3.41. The number of aromatic nitrogens is 3. The molecule has 0 bridgehead atoms. The lowest BCUT2D eigenvalue weighted by molar-refractivity contribution is 0.582. The van der Waals surface area contributed by atoms with Crippen LogP contribution < -0.4 is 10.5 Å². The van der Waals surface area contributed by atoms with Gasteiger partial charge in [0.05, 0.1) is 10.7 Å². The summed E-state index contributed by atoms with van der Waals surface area (Å²) in [4.78, 5) is 4.05. The third kappa shape index (κ3) is 3.56. The van der Waals surface area contributed by atoms with Gasteiger partial charge in [0.25, 0.3) is 10.0 Å². The molecule has 0 aliphatic heterocycles. The maximum atomic E-state index is 12.2. The first-order valence-electron chi connectivity index (χ1n) is 5.89. The number of halogens is 1. The first-order valence-corrected chi connectivity index (χ1v) is 8.16. The Morgan fingerprint density at radius 2 is 2.25 bits per heavy atom. The molecule has 2 aromatic heterocycles. The Kier molecular flexibility index (Phi) is 4.73. The van der Waals surface area contributed by atoms with E-state index >= 15 is 0 Å². The van der Waals surface area contributed by atoms with Crippen LogP contribution in [0.3, 0.4) is 0 Å². The predicted octanol–water partition coefficient (Wildman–Crippen LogP) is 1.19. The highest BCUT2D eigenvalue weighted by atomic mass is 79.9. The molecule has 0 amide bonds. The van der Waals surface area contributed by atoms with E-state index in [4.69, 9.17) is 5.73 Å². The van der Waals surface area contributed by atoms with E-state index in [1.54, 1.807) is 16.8 Å². The fourth-order valence-electron chi connectivity index (χ4n) is 1.51. The summed E-state index contributed by atoms with van der Waals surface area (Å²) >= 11 is 3.24. The number of nitrogens with zero attached hydrogens (tertiary/aromatic N) is 3. The van der Waals surface area contributed by atoms with Crippen LogP contribution in [0.5, 0.6) is 0 Å². The third-order valence-electron chi connectivity index (χ3n) is 2.50. The van der Waals surface area contributed by atoms with Gasteiger partial charge in [0.2, 0.25) is 0 Å². The molecule has 0 fully saturated rings. The van der Waals surface area contributed by atoms with Crippen molar-refractivity contribution >= 4 is 31.8 Å². The molecule has 0 aromatic carbocycles. The lowest BCUT2D eigenvalue weighted by Crippen LogP contribution is -2.13. The van der Waals surface area contributed by atoms with Crippen molar-refractivity contribution in [1.82, 2.24) is 14.8 Å². The molecule has 0 spiro atoms. The van der Waals surface area contributed by atoms with E-state index in [0.29, 0.717) is 17.6 Å². The van der Waals surface area contributed by atoms with Gasteiger partial charge in [-0.1, -0.05) is 0 Å². The van der Waals surface area contributed by atoms with E-state index in [1.165, 1.54) is 18.6 Å². The number of anilines is 1. The zero-order chi connectivity index (χ0) is 14.6. The van der Waals surface area contributed by atoms with Gasteiger partial charge in [0.1, 0.15) is 4.90 Å². The Morgan fingerprint density at radius 1 is 1.45 bits per heavy atom. The molecular weight excluding hydrogens is 346 g/mol. The average molecular weight is 360 g/mol. The number of aryl methyl sites for hydroxylation is 1. The monoisotopic (exact) mass is 359 g/mol. The zero-order valence-electron chi connectivity index (χ0n) is 10.5. The van der Waals surface area contributed by atoms with Gasteiger partial charge in [-0.05, 0) is 41.0 Å². The van der Waals surface area contributed by atoms with E-state index in [2.05, 4.69) is 30.7 Å². The highest BCUT2D eigenvalue weighted by Crippen LogP contribution is 2.21. The lowest BCUT2D eigenvalue weighted by Gasteiger charge is -2.06. The fourth-order valence-corrected chi connectivity index (χ4v) is 2.97. The van der Waals surface area contributed by atoms with Gasteiger partial charge in [-0.25, -0.2) is 13.4 Å². The van der Waals surface area contributed by atoms with Crippen LogP contribution >= 0.6 is 15.9 Å². The quantitative estimate of drug-likeness (QED) is 0.806. The minimum absolute atomic E-state index is 0.0899. The van der Waals surface area contributed by atoms with Gasteiger partial charge in [0.15, 0.2) is 5.82 Å². The Labute approximate surface area is 125 Å². The minimum atomic E-state index is -3.70. The minimum Gasteiger partial charge on any atom is -0.330 e. The van der Waals surface area contributed by atoms with Gasteiger partial charge in [0, 0.05) is 18.9 Å². The first kappa shape index (κ1) is 14.9. The van der Waals surface area contributed by atoms with Crippen LogP contribution in [0.25, 0.3) is 0 Å². The van der Waals surface area contributed by atoms with Crippen LogP contribution in [0.4, 0.5) is 5.82 Å². The summed E-state index contributed by atoms with van der Waals surface area (Å²) in [5.41, 5.74) is 5.40. The van der Waals surface area contributed by atoms with Crippen molar-refractivity contribution < 1.29 is 8.42 Å². The molecular formula is C11H14BrN5O2S. The van der Waals surface area contributed by atoms with E-state index in [-0.39, 0.29) is 10.7 Å². The normalized spacial score (nSPS) is 11.5. The molecule has 9 heteroatoms. The summed E-state index contributed by atoms with van der Waals surface area (Å²) in [6.45, 7) is 1.11. The highest BCUT2D eigenvalue weighted by molar-refractivity contribution is 9.10. The number of rotatable bonds is 6. The summed E-state index contributed by atoms with van der Waals surface area (Å²) in [7, 11) is -3.70. The topological polar surface area (TPSA) is 103 Å². The Hall–Kier alpha value is -1.45. The van der Waals surface area contributed by atoms with E-state index in [1.807, 2.05) is 0 Å². The van der Waals surface area contributed by atoms with E-state index < -0.39 is 10.0 Å². The summed E-state index contributed by atoms with van der Waals surface area (Å²) in [5, 5.41) is 3.99. The SMILES string of the molecule is NCCCn1cc(S(=O)(=O)Nc2ncccc2Br)cn1. The van der Waals surface area contributed by atoms with Gasteiger partial charge in [-0.2, -0.15) is 5.10 Å². The molecule has 7 nitrogen and oxygen atoms in total. The largest absolute Gasteiger partial charge is 0.330 e.